The zero-order valence-corrected chi connectivity index (χ0v) is 10.5. The third kappa shape index (κ3) is 3.08. The first kappa shape index (κ1) is 13.0. The highest BCUT2D eigenvalue weighted by Gasteiger charge is 2.09. The third-order valence-corrected chi connectivity index (χ3v) is 2.73. The van der Waals surface area contributed by atoms with E-state index in [1.54, 1.807) is 24.3 Å². The van der Waals surface area contributed by atoms with Crippen molar-refractivity contribution in [3.8, 4) is 0 Å². The quantitative estimate of drug-likeness (QED) is 0.899. The lowest BCUT2D eigenvalue weighted by molar-refractivity contribution is 0.0990. The number of benzene rings is 1. The van der Waals surface area contributed by atoms with Crippen LogP contribution in [-0.4, -0.2) is 16.8 Å². The van der Waals surface area contributed by atoms with Crippen LogP contribution < -0.4 is 11.1 Å². The molecule has 0 aliphatic rings. The summed E-state index contributed by atoms with van der Waals surface area (Å²) in [4.78, 5) is 26.6. The Morgan fingerprint density at radius 2 is 1.89 bits per heavy atom. The summed E-state index contributed by atoms with van der Waals surface area (Å²) in [5.41, 5.74) is 5.99. The van der Waals surface area contributed by atoms with Crippen molar-refractivity contribution in [2.75, 3.05) is 5.32 Å². The van der Waals surface area contributed by atoms with Gasteiger partial charge in [-0.2, -0.15) is 0 Å². The third-order valence-electron chi connectivity index (χ3n) is 2.40. The highest BCUT2D eigenvalue weighted by atomic mass is 35.5. The Labute approximate surface area is 114 Å². The number of nitrogens with one attached hydrogen (secondary N) is 1. The summed E-state index contributed by atoms with van der Waals surface area (Å²) >= 11 is 5.93. The van der Waals surface area contributed by atoms with E-state index >= 15 is 0 Å². The van der Waals surface area contributed by atoms with Gasteiger partial charge in [-0.25, -0.2) is 0 Å². The first-order valence-corrected chi connectivity index (χ1v) is 5.77. The number of nitrogens with zero attached hydrogens (tertiary/aromatic N) is 1. The summed E-state index contributed by atoms with van der Waals surface area (Å²) in [5.74, 6) is -1.00. The average molecular weight is 276 g/mol. The first-order valence-electron chi connectivity index (χ1n) is 5.39. The molecule has 0 radical (unpaired) electrons. The van der Waals surface area contributed by atoms with Crippen LogP contribution in [0.3, 0.4) is 0 Å². The topological polar surface area (TPSA) is 85.1 Å². The normalized spacial score (nSPS) is 9.95. The van der Waals surface area contributed by atoms with Crippen molar-refractivity contribution < 1.29 is 9.59 Å². The minimum absolute atomic E-state index is 0.106. The van der Waals surface area contributed by atoms with Crippen molar-refractivity contribution >= 4 is 29.1 Å². The largest absolute Gasteiger partial charge is 0.364 e. The number of hydrogen-bond acceptors (Lipinski definition) is 3. The Morgan fingerprint density at radius 3 is 2.47 bits per heavy atom. The van der Waals surface area contributed by atoms with Crippen LogP contribution >= 0.6 is 11.6 Å². The van der Waals surface area contributed by atoms with Gasteiger partial charge in [0.15, 0.2) is 0 Å². The molecule has 0 spiro atoms. The van der Waals surface area contributed by atoms with E-state index in [0.717, 1.165) is 0 Å². The summed E-state index contributed by atoms with van der Waals surface area (Å²) in [7, 11) is 0. The zero-order chi connectivity index (χ0) is 13.8. The van der Waals surface area contributed by atoms with E-state index in [-0.39, 0.29) is 11.6 Å². The number of aromatic nitrogens is 1. The van der Waals surface area contributed by atoms with E-state index in [4.69, 9.17) is 17.3 Å². The van der Waals surface area contributed by atoms with Gasteiger partial charge in [0.2, 0.25) is 0 Å². The molecular weight excluding hydrogens is 266 g/mol. The van der Waals surface area contributed by atoms with E-state index < -0.39 is 5.91 Å². The lowest BCUT2D eigenvalue weighted by atomic mass is 10.2. The van der Waals surface area contributed by atoms with Crippen LogP contribution in [0.5, 0.6) is 0 Å². The molecule has 0 saturated heterocycles. The summed E-state index contributed by atoms with van der Waals surface area (Å²) < 4.78 is 0. The first-order chi connectivity index (χ1) is 9.08. The van der Waals surface area contributed by atoms with Crippen LogP contribution in [0.4, 0.5) is 5.69 Å². The minimum Gasteiger partial charge on any atom is -0.364 e. The number of anilines is 1. The van der Waals surface area contributed by atoms with Gasteiger partial charge in [-0.1, -0.05) is 23.7 Å². The molecule has 0 aliphatic heterocycles. The molecule has 5 nitrogen and oxygen atoms in total. The van der Waals surface area contributed by atoms with Gasteiger partial charge in [0.1, 0.15) is 5.69 Å². The second kappa shape index (κ2) is 5.49. The number of halogens is 1. The Bertz CT molecular complexity index is 626. The van der Waals surface area contributed by atoms with Gasteiger partial charge in [0.05, 0.1) is 16.3 Å². The van der Waals surface area contributed by atoms with Crippen molar-refractivity contribution in [1.82, 2.24) is 4.98 Å². The second-order valence-corrected chi connectivity index (χ2v) is 4.14. The maximum absolute atomic E-state index is 11.9. The fourth-order valence-electron chi connectivity index (χ4n) is 1.43. The smallest absolute Gasteiger partial charge is 0.267 e. The summed E-state index contributed by atoms with van der Waals surface area (Å²) in [5, 5.41) is 3.09. The molecule has 96 valence electrons. The van der Waals surface area contributed by atoms with Gasteiger partial charge in [0.25, 0.3) is 11.8 Å². The molecule has 0 saturated carbocycles. The Hall–Kier alpha value is -2.40. The van der Waals surface area contributed by atoms with Gasteiger partial charge in [-0.15, -0.1) is 0 Å². The van der Waals surface area contributed by atoms with E-state index in [9.17, 15) is 9.59 Å². The van der Waals surface area contributed by atoms with E-state index in [0.29, 0.717) is 16.3 Å². The molecule has 6 heteroatoms. The molecule has 2 rings (SSSR count). The fourth-order valence-corrected chi connectivity index (χ4v) is 1.61. The van der Waals surface area contributed by atoms with Crippen LogP contribution in [0, 0.1) is 0 Å². The number of nitrogens with two attached hydrogens (primary N) is 1. The van der Waals surface area contributed by atoms with Crippen LogP contribution in [0.15, 0.2) is 42.6 Å². The average Bonchev–Trinajstić information content (AvgIpc) is 2.41. The van der Waals surface area contributed by atoms with Gasteiger partial charge in [-0.3, -0.25) is 14.6 Å². The molecule has 2 amide bonds. The van der Waals surface area contributed by atoms with E-state index in [1.165, 1.54) is 18.3 Å². The predicted octanol–water partition coefficient (Wildman–Crippen LogP) is 2.09. The van der Waals surface area contributed by atoms with Crippen molar-refractivity contribution in [2.45, 2.75) is 0 Å². The number of rotatable bonds is 3. The molecular formula is C13H10ClN3O2. The molecule has 1 aromatic carbocycles. The van der Waals surface area contributed by atoms with Crippen molar-refractivity contribution in [3.63, 3.8) is 0 Å². The fraction of sp³-hybridized carbons (Fsp3) is 0. The van der Waals surface area contributed by atoms with Crippen LogP contribution in [0.2, 0.25) is 5.02 Å². The van der Waals surface area contributed by atoms with Crippen LogP contribution in [0.1, 0.15) is 20.8 Å². The Morgan fingerprint density at radius 1 is 1.16 bits per heavy atom. The molecule has 0 fully saturated rings. The highest BCUT2D eigenvalue weighted by Crippen LogP contribution is 2.21. The summed E-state index contributed by atoms with van der Waals surface area (Å²) in [6, 6.07) is 9.75. The molecule has 0 bridgehead atoms. The molecule has 0 aliphatic carbocycles. The maximum atomic E-state index is 11.9. The lowest BCUT2D eigenvalue weighted by Gasteiger charge is -2.06. The summed E-state index contributed by atoms with van der Waals surface area (Å²) in [6.45, 7) is 0. The highest BCUT2D eigenvalue weighted by molar-refractivity contribution is 6.33. The van der Waals surface area contributed by atoms with E-state index in [1.807, 2.05) is 0 Å². The molecule has 0 unspecified atom stereocenters. The number of pyridine rings is 1. The molecule has 1 heterocycles. The number of carbonyl (C=O) groups is 2. The SMILES string of the molecule is NC(=O)c1ccc(C(=O)Nc2ccccc2Cl)cn1. The number of para-hydroxylation sites is 1. The van der Waals surface area contributed by atoms with Crippen molar-refractivity contribution in [3.05, 3.63) is 58.9 Å². The van der Waals surface area contributed by atoms with E-state index in [2.05, 4.69) is 10.3 Å². The molecule has 0 atom stereocenters. The van der Waals surface area contributed by atoms with Gasteiger partial charge in [-0.05, 0) is 24.3 Å². The standard InChI is InChI=1S/C13H10ClN3O2/c14-9-3-1-2-4-10(9)17-13(19)8-5-6-11(12(15)18)16-7-8/h1-7H,(H2,15,18)(H,17,19). The number of amides is 2. The molecule has 2 aromatic rings. The van der Waals surface area contributed by atoms with Crippen LogP contribution in [-0.2, 0) is 0 Å². The molecule has 3 N–H and O–H groups in total. The zero-order valence-electron chi connectivity index (χ0n) is 9.76. The van der Waals surface area contributed by atoms with Crippen molar-refractivity contribution in [1.29, 1.82) is 0 Å². The number of primary amides is 1. The number of hydrogen-bond donors (Lipinski definition) is 2. The Balaban J connectivity index is 2.16. The predicted molar refractivity (Wildman–Crippen MR) is 72.2 cm³/mol. The summed E-state index contributed by atoms with van der Waals surface area (Å²) in [6.07, 6.45) is 1.28. The Kier molecular flexibility index (Phi) is 3.77. The molecule has 1 aromatic heterocycles. The second-order valence-electron chi connectivity index (χ2n) is 3.73. The van der Waals surface area contributed by atoms with Gasteiger partial charge >= 0.3 is 0 Å². The maximum Gasteiger partial charge on any atom is 0.267 e. The monoisotopic (exact) mass is 275 g/mol. The molecule has 19 heavy (non-hydrogen) atoms. The van der Waals surface area contributed by atoms with Gasteiger partial charge in [0, 0.05) is 6.20 Å². The minimum atomic E-state index is -0.641. The lowest BCUT2D eigenvalue weighted by Crippen LogP contribution is -2.16. The number of carbonyl (C=O) groups excluding carboxylic acids is 2. The van der Waals surface area contributed by atoms with Gasteiger partial charge < -0.3 is 11.1 Å². The van der Waals surface area contributed by atoms with Crippen LogP contribution in [0.25, 0.3) is 0 Å². The van der Waals surface area contributed by atoms with Crippen molar-refractivity contribution in [2.24, 2.45) is 5.73 Å².